The van der Waals surface area contributed by atoms with Gasteiger partial charge in [0.15, 0.2) is 0 Å². The SMILES string of the molecule is COc1ccc(-c2nnc(CCNC(=O)c3cc(OC)cc(OC)c3)o2)cc1. The molecule has 0 aliphatic heterocycles. The normalized spacial score (nSPS) is 10.4. The van der Waals surface area contributed by atoms with Crippen LogP contribution in [0.2, 0.25) is 0 Å². The van der Waals surface area contributed by atoms with Crippen LogP contribution in [0.5, 0.6) is 17.2 Å². The summed E-state index contributed by atoms with van der Waals surface area (Å²) in [6.07, 6.45) is 0.413. The first-order valence-corrected chi connectivity index (χ1v) is 8.61. The summed E-state index contributed by atoms with van der Waals surface area (Å²) >= 11 is 0. The van der Waals surface area contributed by atoms with Gasteiger partial charge in [-0.15, -0.1) is 10.2 Å². The molecule has 8 heteroatoms. The molecule has 1 aromatic heterocycles. The average Bonchev–Trinajstić information content (AvgIpc) is 3.22. The highest BCUT2D eigenvalue weighted by Gasteiger charge is 2.12. The van der Waals surface area contributed by atoms with Crippen molar-refractivity contribution in [3.63, 3.8) is 0 Å². The van der Waals surface area contributed by atoms with E-state index in [1.54, 1.807) is 25.3 Å². The van der Waals surface area contributed by atoms with Crippen molar-refractivity contribution in [3.05, 3.63) is 53.9 Å². The Kier molecular flexibility index (Phi) is 6.11. The standard InChI is InChI=1S/C20H21N3O5/c1-25-15-6-4-13(5-7-15)20-23-22-18(28-20)8-9-21-19(24)14-10-16(26-2)12-17(11-14)27-3/h4-7,10-12H,8-9H2,1-3H3,(H,21,24). The molecule has 146 valence electrons. The van der Waals surface area contributed by atoms with E-state index in [4.69, 9.17) is 18.6 Å². The first kappa shape index (κ1) is 19.2. The zero-order chi connectivity index (χ0) is 19.9. The van der Waals surface area contributed by atoms with Crippen molar-refractivity contribution >= 4 is 5.91 Å². The lowest BCUT2D eigenvalue weighted by atomic mass is 10.2. The number of benzene rings is 2. The maximum absolute atomic E-state index is 12.4. The van der Waals surface area contributed by atoms with Gasteiger partial charge >= 0.3 is 0 Å². The molecule has 1 N–H and O–H groups in total. The lowest BCUT2D eigenvalue weighted by Crippen LogP contribution is -2.25. The molecule has 0 saturated carbocycles. The fraction of sp³-hybridized carbons (Fsp3) is 0.250. The van der Waals surface area contributed by atoms with Gasteiger partial charge in [0.25, 0.3) is 5.91 Å². The Balaban J connectivity index is 1.58. The van der Waals surface area contributed by atoms with Crippen LogP contribution >= 0.6 is 0 Å². The van der Waals surface area contributed by atoms with Crippen LogP contribution < -0.4 is 19.5 Å². The van der Waals surface area contributed by atoms with E-state index in [9.17, 15) is 4.79 Å². The molecule has 2 aromatic carbocycles. The van der Waals surface area contributed by atoms with Gasteiger partial charge in [-0.3, -0.25) is 4.79 Å². The Morgan fingerprint density at radius 1 is 0.929 bits per heavy atom. The van der Waals surface area contributed by atoms with E-state index in [1.165, 1.54) is 14.2 Å². The van der Waals surface area contributed by atoms with Crippen LogP contribution in [0.1, 0.15) is 16.2 Å². The molecule has 0 spiro atoms. The zero-order valence-corrected chi connectivity index (χ0v) is 15.9. The minimum Gasteiger partial charge on any atom is -0.497 e. The minimum atomic E-state index is -0.243. The van der Waals surface area contributed by atoms with Crippen LogP contribution in [0.3, 0.4) is 0 Å². The lowest BCUT2D eigenvalue weighted by molar-refractivity contribution is 0.0953. The number of nitrogens with one attached hydrogen (secondary N) is 1. The number of hydrogen-bond donors (Lipinski definition) is 1. The molecule has 0 fully saturated rings. The molecule has 0 aliphatic rings. The highest BCUT2D eigenvalue weighted by molar-refractivity contribution is 5.95. The van der Waals surface area contributed by atoms with Crippen LogP contribution in [-0.2, 0) is 6.42 Å². The molecule has 0 radical (unpaired) electrons. The van der Waals surface area contributed by atoms with Gasteiger partial charge in [0.1, 0.15) is 17.2 Å². The van der Waals surface area contributed by atoms with Crippen molar-refractivity contribution in [2.24, 2.45) is 0 Å². The number of methoxy groups -OCH3 is 3. The molecule has 1 heterocycles. The Bertz CT molecular complexity index is 915. The topological polar surface area (TPSA) is 95.7 Å². The number of carbonyl (C=O) groups is 1. The fourth-order valence-electron chi connectivity index (χ4n) is 2.53. The van der Waals surface area contributed by atoms with Crippen molar-refractivity contribution in [2.75, 3.05) is 27.9 Å². The van der Waals surface area contributed by atoms with Crippen LogP contribution in [-0.4, -0.2) is 44.0 Å². The van der Waals surface area contributed by atoms with Gasteiger partial charge in [0, 0.05) is 30.2 Å². The molecular weight excluding hydrogens is 362 g/mol. The van der Waals surface area contributed by atoms with Gasteiger partial charge in [-0.05, 0) is 36.4 Å². The van der Waals surface area contributed by atoms with Crippen LogP contribution in [0.4, 0.5) is 0 Å². The summed E-state index contributed by atoms with van der Waals surface area (Å²) in [7, 11) is 4.68. The smallest absolute Gasteiger partial charge is 0.251 e. The third-order valence-electron chi connectivity index (χ3n) is 4.04. The van der Waals surface area contributed by atoms with Crippen LogP contribution in [0.15, 0.2) is 46.9 Å². The molecule has 0 aliphatic carbocycles. The Morgan fingerprint density at radius 2 is 1.57 bits per heavy atom. The second-order valence-electron chi connectivity index (χ2n) is 5.84. The first-order chi connectivity index (χ1) is 13.6. The van der Waals surface area contributed by atoms with Gasteiger partial charge < -0.3 is 23.9 Å². The Morgan fingerprint density at radius 3 is 2.18 bits per heavy atom. The predicted octanol–water partition coefficient (Wildman–Crippen LogP) is 2.73. The molecule has 28 heavy (non-hydrogen) atoms. The lowest BCUT2D eigenvalue weighted by Gasteiger charge is -2.08. The van der Waals surface area contributed by atoms with Gasteiger partial charge in [-0.2, -0.15) is 0 Å². The summed E-state index contributed by atoms with van der Waals surface area (Å²) in [4.78, 5) is 12.4. The largest absolute Gasteiger partial charge is 0.497 e. The maximum atomic E-state index is 12.4. The van der Waals surface area contributed by atoms with Crippen LogP contribution in [0.25, 0.3) is 11.5 Å². The maximum Gasteiger partial charge on any atom is 0.251 e. The van der Waals surface area contributed by atoms with Gasteiger partial charge in [0.05, 0.1) is 21.3 Å². The van der Waals surface area contributed by atoms with E-state index >= 15 is 0 Å². The first-order valence-electron chi connectivity index (χ1n) is 8.61. The van der Waals surface area contributed by atoms with E-state index in [0.29, 0.717) is 41.8 Å². The summed E-state index contributed by atoms with van der Waals surface area (Å²) in [5.74, 6) is 2.46. The second kappa shape index (κ2) is 8.90. The third-order valence-corrected chi connectivity index (χ3v) is 4.04. The Labute approximate surface area is 162 Å². The number of amides is 1. The number of hydrogen-bond acceptors (Lipinski definition) is 7. The fourth-order valence-corrected chi connectivity index (χ4v) is 2.53. The van der Waals surface area contributed by atoms with Crippen molar-refractivity contribution in [1.29, 1.82) is 0 Å². The Hall–Kier alpha value is -3.55. The number of rotatable bonds is 8. The van der Waals surface area contributed by atoms with Crippen molar-refractivity contribution in [3.8, 4) is 28.7 Å². The summed E-state index contributed by atoms with van der Waals surface area (Å²) in [6, 6.07) is 12.3. The molecule has 0 unspecified atom stereocenters. The number of nitrogens with zero attached hydrogens (tertiary/aromatic N) is 2. The number of ether oxygens (including phenoxy) is 3. The van der Waals surface area contributed by atoms with E-state index in [2.05, 4.69) is 15.5 Å². The number of aromatic nitrogens is 2. The van der Waals surface area contributed by atoms with Crippen molar-refractivity contribution in [2.45, 2.75) is 6.42 Å². The second-order valence-corrected chi connectivity index (χ2v) is 5.84. The van der Waals surface area contributed by atoms with Gasteiger partial charge in [-0.1, -0.05) is 0 Å². The summed E-state index contributed by atoms with van der Waals surface area (Å²) in [5, 5.41) is 10.9. The molecule has 1 amide bonds. The van der Waals surface area contributed by atoms with E-state index in [1.807, 2.05) is 24.3 Å². The summed E-state index contributed by atoms with van der Waals surface area (Å²) < 4.78 is 21.1. The highest BCUT2D eigenvalue weighted by atomic mass is 16.5. The summed E-state index contributed by atoms with van der Waals surface area (Å²) in [6.45, 7) is 0.350. The predicted molar refractivity (Wildman–Crippen MR) is 102 cm³/mol. The molecule has 3 aromatic rings. The van der Waals surface area contributed by atoms with E-state index in [-0.39, 0.29) is 5.91 Å². The average molecular weight is 383 g/mol. The monoisotopic (exact) mass is 383 g/mol. The number of carbonyl (C=O) groups excluding carboxylic acids is 1. The molecular formula is C20H21N3O5. The van der Waals surface area contributed by atoms with Gasteiger partial charge in [-0.25, -0.2) is 0 Å². The summed E-state index contributed by atoms with van der Waals surface area (Å²) in [5.41, 5.74) is 1.24. The quantitative estimate of drug-likeness (QED) is 0.639. The van der Waals surface area contributed by atoms with Crippen LogP contribution in [0, 0.1) is 0 Å². The molecule has 0 atom stereocenters. The molecule has 3 rings (SSSR count). The molecule has 0 saturated heterocycles. The third kappa shape index (κ3) is 4.59. The minimum absolute atomic E-state index is 0.243. The molecule has 0 bridgehead atoms. The molecule has 8 nitrogen and oxygen atoms in total. The van der Waals surface area contributed by atoms with E-state index < -0.39 is 0 Å². The zero-order valence-electron chi connectivity index (χ0n) is 15.9. The highest BCUT2D eigenvalue weighted by Crippen LogP contribution is 2.23. The van der Waals surface area contributed by atoms with E-state index in [0.717, 1.165) is 11.3 Å². The van der Waals surface area contributed by atoms with Gasteiger partial charge in [0.2, 0.25) is 11.8 Å². The van der Waals surface area contributed by atoms with Crippen molar-refractivity contribution in [1.82, 2.24) is 15.5 Å². The van der Waals surface area contributed by atoms with Crippen molar-refractivity contribution < 1.29 is 23.4 Å².